The summed E-state index contributed by atoms with van der Waals surface area (Å²) in [4.78, 5) is 25.1. The van der Waals surface area contributed by atoms with Crippen LogP contribution in [0.2, 0.25) is 5.02 Å². The minimum Gasteiger partial charge on any atom is -0.478 e. The van der Waals surface area contributed by atoms with E-state index < -0.39 is 12.1 Å². The molecular weight excluding hydrogens is 550 g/mol. The molecule has 8 heteroatoms. The summed E-state index contributed by atoms with van der Waals surface area (Å²) in [5.74, 6) is -0.792. The van der Waals surface area contributed by atoms with Gasteiger partial charge < -0.3 is 15.2 Å². The van der Waals surface area contributed by atoms with Crippen LogP contribution in [0.3, 0.4) is 0 Å². The van der Waals surface area contributed by atoms with Gasteiger partial charge in [0.05, 0.1) is 23.1 Å². The summed E-state index contributed by atoms with van der Waals surface area (Å²) >= 11 is 6.04. The highest BCUT2D eigenvalue weighted by Gasteiger charge is 2.21. The molecule has 1 amide bonds. The van der Waals surface area contributed by atoms with Gasteiger partial charge in [-0.15, -0.1) is 0 Å². The smallest absolute Gasteiger partial charge is 0.345 e. The van der Waals surface area contributed by atoms with Crippen molar-refractivity contribution in [2.24, 2.45) is 0 Å². The Kier molecular flexibility index (Phi) is 8.99. The number of aliphatic carboxylic acids is 1. The van der Waals surface area contributed by atoms with Gasteiger partial charge in [-0.1, -0.05) is 79.5 Å². The van der Waals surface area contributed by atoms with Crippen LogP contribution in [0.5, 0.6) is 5.75 Å². The number of nitrogens with one attached hydrogen (secondary N) is 1. The first-order chi connectivity index (χ1) is 20.4. The number of amides is 1. The molecule has 0 aliphatic carbocycles. The van der Waals surface area contributed by atoms with E-state index >= 15 is 0 Å². The highest BCUT2D eigenvalue weighted by molar-refractivity contribution is 6.30. The number of carboxylic acid groups (broad SMARTS) is 1. The van der Waals surface area contributed by atoms with E-state index in [-0.39, 0.29) is 12.3 Å². The normalized spacial score (nSPS) is 11.6. The summed E-state index contributed by atoms with van der Waals surface area (Å²) < 4.78 is 7.65. The fraction of sp³-hybridized carbons (Fsp3) is 0.147. The maximum absolute atomic E-state index is 13.2. The summed E-state index contributed by atoms with van der Waals surface area (Å²) in [6.07, 6.45) is 2.39. The Labute approximate surface area is 249 Å². The van der Waals surface area contributed by atoms with E-state index in [0.717, 1.165) is 34.5 Å². The Morgan fingerprint density at radius 1 is 0.929 bits per heavy atom. The molecule has 1 heterocycles. The monoisotopic (exact) mass is 579 g/mol. The van der Waals surface area contributed by atoms with Crippen LogP contribution >= 0.6 is 11.6 Å². The number of carbonyl (C=O) groups is 2. The fourth-order valence-corrected chi connectivity index (χ4v) is 4.84. The number of nitrogens with zero attached hydrogens (tertiary/aromatic N) is 2. The third kappa shape index (κ3) is 6.87. The van der Waals surface area contributed by atoms with E-state index in [2.05, 4.69) is 17.3 Å². The number of ether oxygens (including phenoxy) is 1. The second-order valence-electron chi connectivity index (χ2n) is 9.84. The van der Waals surface area contributed by atoms with Crippen molar-refractivity contribution in [3.8, 4) is 22.6 Å². The largest absolute Gasteiger partial charge is 0.478 e. The maximum Gasteiger partial charge on any atom is 0.345 e. The SMILES string of the molecule is CCCc1c(C(=O)Nc2ccc(-c3cccc(OC(Cc4ccccc4)C(=O)O)c3)cc2)cnn1-c1ccc(Cl)cc1. The zero-order valence-corrected chi connectivity index (χ0v) is 23.8. The quantitative estimate of drug-likeness (QED) is 0.169. The Hall–Kier alpha value is -4.88. The predicted octanol–water partition coefficient (Wildman–Crippen LogP) is 7.47. The van der Waals surface area contributed by atoms with Gasteiger partial charge >= 0.3 is 5.97 Å². The van der Waals surface area contributed by atoms with Gasteiger partial charge in [0.25, 0.3) is 5.91 Å². The number of carbonyl (C=O) groups excluding carboxylic acids is 1. The molecule has 0 radical (unpaired) electrons. The molecule has 2 N–H and O–H groups in total. The fourth-order valence-electron chi connectivity index (χ4n) is 4.71. The molecule has 212 valence electrons. The van der Waals surface area contributed by atoms with Crippen LogP contribution in [-0.4, -0.2) is 32.9 Å². The van der Waals surface area contributed by atoms with Gasteiger partial charge in [0.1, 0.15) is 5.75 Å². The molecule has 42 heavy (non-hydrogen) atoms. The lowest BCUT2D eigenvalue weighted by Gasteiger charge is -2.16. The van der Waals surface area contributed by atoms with Crippen LogP contribution in [0, 0.1) is 0 Å². The first-order valence-electron chi connectivity index (χ1n) is 13.7. The van der Waals surface area contributed by atoms with Crippen molar-refractivity contribution < 1.29 is 19.4 Å². The molecule has 0 saturated carbocycles. The topological polar surface area (TPSA) is 93.4 Å². The minimum absolute atomic E-state index is 0.236. The summed E-state index contributed by atoms with van der Waals surface area (Å²) in [6, 6.07) is 31.5. The molecule has 5 aromatic rings. The van der Waals surface area contributed by atoms with Gasteiger partial charge in [-0.2, -0.15) is 5.10 Å². The Morgan fingerprint density at radius 3 is 2.36 bits per heavy atom. The van der Waals surface area contributed by atoms with E-state index in [9.17, 15) is 14.7 Å². The minimum atomic E-state index is -1.02. The second kappa shape index (κ2) is 13.2. The lowest BCUT2D eigenvalue weighted by Crippen LogP contribution is -2.29. The third-order valence-electron chi connectivity index (χ3n) is 6.80. The number of halogens is 1. The molecule has 1 aromatic heterocycles. The van der Waals surface area contributed by atoms with Crippen LogP contribution in [0.15, 0.2) is 109 Å². The second-order valence-corrected chi connectivity index (χ2v) is 10.3. The molecular formula is C34H30ClN3O4. The molecule has 7 nitrogen and oxygen atoms in total. The summed E-state index contributed by atoms with van der Waals surface area (Å²) in [6.45, 7) is 2.06. The number of hydrogen-bond donors (Lipinski definition) is 2. The van der Waals surface area contributed by atoms with Crippen molar-refractivity contribution in [2.75, 3.05) is 5.32 Å². The van der Waals surface area contributed by atoms with E-state index in [4.69, 9.17) is 16.3 Å². The van der Waals surface area contributed by atoms with Crippen molar-refractivity contribution in [1.29, 1.82) is 0 Å². The standard InChI is InChI=1S/C34H30ClN3O4/c1-2-7-31-30(22-36-38(31)28-18-14-26(35)15-19-28)33(39)37-27-16-12-24(13-17-27)25-10-6-11-29(21-25)42-32(34(40)41)20-23-8-4-3-5-9-23/h3-6,8-19,21-22,32H,2,7,20H2,1H3,(H,37,39)(H,40,41). The Morgan fingerprint density at radius 2 is 1.67 bits per heavy atom. The number of benzene rings is 4. The summed E-state index contributed by atoms with van der Waals surface area (Å²) in [5, 5.41) is 17.8. The number of hydrogen-bond acceptors (Lipinski definition) is 4. The number of rotatable bonds is 11. The van der Waals surface area contributed by atoms with E-state index in [1.54, 1.807) is 29.1 Å². The van der Waals surface area contributed by atoms with Crippen LogP contribution in [0.1, 0.15) is 35.0 Å². The lowest BCUT2D eigenvalue weighted by molar-refractivity contribution is -0.145. The van der Waals surface area contributed by atoms with Gasteiger partial charge in [0, 0.05) is 17.1 Å². The molecule has 5 rings (SSSR count). The highest BCUT2D eigenvalue weighted by atomic mass is 35.5. The highest BCUT2D eigenvalue weighted by Crippen LogP contribution is 2.27. The van der Waals surface area contributed by atoms with Gasteiger partial charge in [-0.25, -0.2) is 9.48 Å². The van der Waals surface area contributed by atoms with Crippen molar-refractivity contribution in [3.63, 3.8) is 0 Å². The summed E-state index contributed by atoms with van der Waals surface area (Å²) in [7, 11) is 0. The zero-order chi connectivity index (χ0) is 29.5. The van der Waals surface area contributed by atoms with Gasteiger partial charge in [0.15, 0.2) is 6.10 Å². The van der Waals surface area contributed by atoms with E-state index in [0.29, 0.717) is 28.4 Å². The first kappa shape index (κ1) is 28.6. The third-order valence-corrected chi connectivity index (χ3v) is 7.05. The molecule has 0 aliphatic rings. The van der Waals surface area contributed by atoms with Gasteiger partial charge in [0.2, 0.25) is 0 Å². The Balaban J connectivity index is 1.29. The average Bonchev–Trinajstić information content (AvgIpc) is 3.42. The Bertz CT molecular complexity index is 1670. The van der Waals surface area contributed by atoms with E-state index in [1.165, 1.54) is 0 Å². The predicted molar refractivity (Wildman–Crippen MR) is 165 cm³/mol. The van der Waals surface area contributed by atoms with Crippen LogP contribution in [0.25, 0.3) is 16.8 Å². The molecule has 1 atom stereocenters. The maximum atomic E-state index is 13.2. The van der Waals surface area contributed by atoms with Crippen LogP contribution < -0.4 is 10.1 Å². The van der Waals surface area contributed by atoms with E-state index in [1.807, 2.05) is 84.9 Å². The average molecular weight is 580 g/mol. The van der Waals surface area contributed by atoms with Crippen molar-refractivity contribution in [2.45, 2.75) is 32.3 Å². The molecule has 0 spiro atoms. The first-order valence-corrected chi connectivity index (χ1v) is 14.1. The molecule has 0 bridgehead atoms. The number of carboxylic acids is 1. The molecule has 4 aromatic carbocycles. The van der Waals surface area contributed by atoms with Gasteiger partial charge in [-0.05, 0) is 71.6 Å². The van der Waals surface area contributed by atoms with Crippen molar-refractivity contribution in [3.05, 3.63) is 131 Å². The molecule has 0 saturated heterocycles. The van der Waals surface area contributed by atoms with Crippen LogP contribution in [-0.2, 0) is 17.6 Å². The van der Waals surface area contributed by atoms with Crippen molar-refractivity contribution in [1.82, 2.24) is 9.78 Å². The number of anilines is 1. The number of aromatic nitrogens is 2. The molecule has 0 aliphatic heterocycles. The summed E-state index contributed by atoms with van der Waals surface area (Å²) in [5.41, 5.74) is 5.48. The van der Waals surface area contributed by atoms with Gasteiger partial charge in [-0.3, -0.25) is 4.79 Å². The van der Waals surface area contributed by atoms with Crippen molar-refractivity contribution >= 4 is 29.2 Å². The lowest BCUT2D eigenvalue weighted by atomic mass is 10.0. The molecule has 1 unspecified atom stereocenters. The molecule has 0 fully saturated rings. The zero-order valence-electron chi connectivity index (χ0n) is 23.0. The van der Waals surface area contributed by atoms with Crippen LogP contribution in [0.4, 0.5) is 5.69 Å².